The van der Waals surface area contributed by atoms with E-state index in [9.17, 15) is 24.9 Å². The molecule has 0 amide bonds. The molecule has 1 unspecified atom stereocenters. The van der Waals surface area contributed by atoms with Crippen molar-refractivity contribution in [3.63, 3.8) is 0 Å². The number of aliphatic hydroxyl groups excluding tert-OH is 3. The molecule has 3 atom stereocenters. The van der Waals surface area contributed by atoms with E-state index in [4.69, 9.17) is 4.74 Å². The second-order valence-corrected chi connectivity index (χ2v) is 3.62. The summed E-state index contributed by atoms with van der Waals surface area (Å²) in [5.74, 6) is -2.75. The predicted octanol–water partition coefficient (Wildman–Crippen LogP) is -0.532. The number of hydrogen-bond donors (Lipinski definition) is 3. The summed E-state index contributed by atoms with van der Waals surface area (Å²) in [7, 11) is 0. The molecule has 0 aromatic heterocycles. The van der Waals surface area contributed by atoms with Crippen LogP contribution in [0.5, 0.6) is 0 Å². The van der Waals surface area contributed by atoms with Gasteiger partial charge in [-0.05, 0) is 13.0 Å². The number of carbonyl (C=O) groups is 2. The lowest BCUT2D eigenvalue weighted by Crippen LogP contribution is -2.44. The zero-order chi connectivity index (χ0) is 13.0. The van der Waals surface area contributed by atoms with Crippen LogP contribution in [0.2, 0.25) is 0 Å². The van der Waals surface area contributed by atoms with E-state index in [0.29, 0.717) is 0 Å². The first-order valence-electron chi connectivity index (χ1n) is 5.07. The molecule has 94 valence electrons. The summed E-state index contributed by atoms with van der Waals surface area (Å²) in [4.78, 5) is 22.5. The Bertz CT molecular complexity index is 370. The molecule has 17 heavy (non-hydrogen) atoms. The van der Waals surface area contributed by atoms with Gasteiger partial charge in [-0.2, -0.15) is 0 Å². The van der Waals surface area contributed by atoms with E-state index in [1.165, 1.54) is 12.2 Å². The number of carbonyl (C=O) groups excluding carboxylic acids is 2. The zero-order valence-electron chi connectivity index (χ0n) is 9.24. The lowest BCUT2D eigenvalue weighted by atomic mass is 9.89. The molecule has 0 bridgehead atoms. The van der Waals surface area contributed by atoms with Gasteiger partial charge in [-0.25, -0.2) is 4.79 Å². The quantitative estimate of drug-likeness (QED) is 0.454. The van der Waals surface area contributed by atoms with Crippen molar-refractivity contribution in [3.8, 4) is 0 Å². The van der Waals surface area contributed by atoms with Gasteiger partial charge in [0.05, 0.1) is 5.92 Å². The summed E-state index contributed by atoms with van der Waals surface area (Å²) in [5, 5.41) is 27.7. The molecule has 0 heterocycles. The summed E-state index contributed by atoms with van der Waals surface area (Å²) in [6.07, 6.45) is 0.442. The van der Waals surface area contributed by atoms with Crippen LogP contribution in [0.15, 0.2) is 24.0 Å². The highest BCUT2D eigenvalue weighted by atomic mass is 16.5. The maximum absolute atomic E-state index is 11.5. The highest BCUT2D eigenvalue weighted by Gasteiger charge is 2.37. The number of hydrogen-bond acceptors (Lipinski definition) is 6. The number of allylic oxidation sites excluding steroid dienone is 1. The average Bonchev–Trinajstić information content (AvgIpc) is 2.30. The van der Waals surface area contributed by atoms with Crippen LogP contribution in [0.1, 0.15) is 6.92 Å². The van der Waals surface area contributed by atoms with Gasteiger partial charge in [-0.15, -0.1) is 0 Å². The second kappa shape index (κ2) is 5.60. The molecule has 3 N–H and O–H groups in total. The number of ketones is 1. The Balaban J connectivity index is 2.65. The van der Waals surface area contributed by atoms with Crippen LogP contribution in [-0.4, -0.2) is 45.9 Å². The summed E-state index contributed by atoms with van der Waals surface area (Å²) in [6.45, 7) is 1.36. The third-order valence-electron chi connectivity index (χ3n) is 2.34. The first kappa shape index (κ1) is 13.4. The second-order valence-electron chi connectivity index (χ2n) is 3.62. The topological polar surface area (TPSA) is 104 Å². The Morgan fingerprint density at radius 3 is 2.71 bits per heavy atom. The lowest BCUT2D eigenvalue weighted by molar-refractivity contribution is -0.144. The average molecular weight is 242 g/mol. The first-order valence-corrected chi connectivity index (χ1v) is 5.07. The largest absolute Gasteiger partial charge is 0.510 e. The number of rotatable bonds is 3. The van der Waals surface area contributed by atoms with Gasteiger partial charge in [0.2, 0.25) is 0 Å². The minimum Gasteiger partial charge on any atom is -0.510 e. The van der Waals surface area contributed by atoms with Crippen LogP contribution in [0.4, 0.5) is 0 Å². The molecule has 0 saturated carbocycles. The number of esters is 1. The monoisotopic (exact) mass is 242 g/mol. The molecule has 6 heteroatoms. The lowest BCUT2D eigenvalue weighted by Gasteiger charge is -2.25. The molecule has 0 aromatic carbocycles. The van der Waals surface area contributed by atoms with Crippen molar-refractivity contribution in [2.24, 2.45) is 5.92 Å². The van der Waals surface area contributed by atoms with E-state index < -0.39 is 35.6 Å². The summed E-state index contributed by atoms with van der Waals surface area (Å²) in [6, 6.07) is 0. The van der Waals surface area contributed by atoms with Gasteiger partial charge in [0.25, 0.3) is 0 Å². The van der Waals surface area contributed by atoms with E-state index in [2.05, 4.69) is 0 Å². The summed E-state index contributed by atoms with van der Waals surface area (Å²) >= 11 is 0. The van der Waals surface area contributed by atoms with Crippen LogP contribution in [-0.2, 0) is 14.3 Å². The van der Waals surface area contributed by atoms with Crippen molar-refractivity contribution in [1.29, 1.82) is 0 Å². The fourth-order valence-electron chi connectivity index (χ4n) is 1.41. The smallest absolute Gasteiger partial charge is 0.330 e. The molecule has 6 nitrogen and oxygen atoms in total. The van der Waals surface area contributed by atoms with Crippen molar-refractivity contribution in [3.05, 3.63) is 24.0 Å². The predicted molar refractivity (Wildman–Crippen MR) is 57.0 cm³/mol. The molecule has 0 spiro atoms. The van der Waals surface area contributed by atoms with Crippen molar-refractivity contribution < 1.29 is 29.6 Å². The van der Waals surface area contributed by atoms with Crippen molar-refractivity contribution in [2.75, 3.05) is 6.61 Å². The summed E-state index contributed by atoms with van der Waals surface area (Å²) in [5.41, 5.74) is 0. The molecular formula is C11H14O6. The van der Waals surface area contributed by atoms with Crippen LogP contribution in [0.25, 0.3) is 0 Å². The van der Waals surface area contributed by atoms with E-state index in [0.717, 1.165) is 6.08 Å². The molecule has 1 aliphatic rings. The standard InChI is InChI=1S/C11H14O6/c1-2-3-8(13)17-5-6-4-7(12)10(15)11(16)9(6)14/h2-4,6,10-12,15-16H,5H2,1H3/b3-2+/t6?,10-,11-/m0/s1. The minimum atomic E-state index is -1.69. The van der Waals surface area contributed by atoms with Gasteiger partial charge in [0.15, 0.2) is 5.78 Å². The summed E-state index contributed by atoms with van der Waals surface area (Å²) < 4.78 is 4.73. The molecule has 1 aliphatic carbocycles. The van der Waals surface area contributed by atoms with Crippen molar-refractivity contribution >= 4 is 11.8 Å². The fourth-order valence-corrected chi connectivity index (χ4v) is 1.41. The van der Waals surface area contributed by atoms with Gasteiger partial charge in [-0.3, -0.25) is 4.79 Å². The molecule has 1 rings (SSSR count). The Morgan fingerprint density at radius 1 is 1.47 bits per heavy atom. The van der Waals surface area contributed by atoms with Crippen LogP contribution < -0.4 is 0 Å². The third-order valence-corrected chi connectivity index (χ3v) is 2.34. The highest BCUT2D eigenvalue weighted by molar-refractivity contribution is 5.89. The Kier molecular flexibility index (Phi) is 4.42. The SMILES string of the molecule is C/C=C/C(=O)OCC1C=C(O)[C@H](O)[C@@H](O)C1=O. The molecule has 0 saturated heterocycles. The minimum absolute atomic E-state index is 0.282. The van der Waals surface area contributed by atoms with Crippen LogP contribution >= 0.6 is 0 Å². The van der Waals surface area contributed by atoms with E-state index in [-0.39, 0.29) is 6.61 Å². The van der Waals surface area contributed by atoms with E-state index in [1.807, 2.05) is 0 Å². The maximum Gasteiger partial charge on any atom is 0.330 e. The molecular weight excluding hydrogens is 228 g/mol. The van der Waals surface area contributed by atoms with Gasteiger partial charge < -0.3 is 20.1 Å². The third kappa shape index (κ3) is 3.15. The maximum atomic E-state index is 11.5. The zero-order valence-corrected chi connectivity index (χ0v) is 9.24. The Hall–Kier alpha value is -1.66. The Morgan fingerprint density at radius 2 is 2.12 bits per heavy atom. The van der Waals surface area contributed by atoms with Gasteiger partial charge in [0, 0.05) is 6.08 Å². The van der Waals surface area contributed by atoms with Crippen LogP contribution in [0, 0.1) is 5.92 Å². The van der Waals surface area contributed by atoms with E-state index >= 15 is 0 Å². The van der Waals surface area contributed by atoms with Crippen molar-refractivity contribution in [2.45, 2.75) is 19.1 Å². The van der Waals surface area contributed by atoms with Gasteiger partial charge in [0.1, 0.15) is 24.6 Å². The number of aliphatic hydroxyl groups is 3. The normalized spacial score (nSPS) is 29.2. The molecule has 0 fully saturated rings. The number of ether oxygens (including phenoxy) is 1. The van der Waals surface area contributed by atoms with E-state index in [1.54, 1.807) is 6.92 Å². The van der Waals surface area contributed by atoms with Gasteiger partial charge >= 0.3 is 5.97 Å². The van der Waals surface area contributed by atoms with Crippen LogP contribution in [0.3, 0.4) is 0 Å². The molecule has 0 aliphatic heterocycles. The fraction of sp³-hybridized carbons (Fsp3) is 0.455. The van der Waals surface area contributed by atoms with Crippen molar-refractivity contribution in [1.82, 2.24) is 0 Å². The highest BCUT2D eigenvalue weighted by Crippen LogP contribution is 2.19. The molecule has 0 aromatic rings. The molecule has 0 radical (unpaired) electrons. The van der Waals surface area contributed by atoms with Gasteiger partial charge in [-0.1, -0.05) is 6.08 Å². The first-order chi connectivity index (χ1) is 7.97. The number of Topliss-reactive ketones (excluding diaryl/α,β-unsaturated/α-hetero) is 1. The Labute approximate surface area is 97.8 Å².